The minimum Gasteiger partial charge on any atom is -0.372 e. The minimum absolute atomic E-state index is 0.0519. The van der Waals surface area contributed by atoms with Crippen LogP contribution in [0.3, 0.4) is 0 Å². The highest BCUT2D eigenvalue weighted by Gasteiger charge is 2.15. The van der Waals surface area contributed by atoms with E-state index in [0.717, 1.165) is 18.7 Å². The van der Waals surface area contributed by atoms with Crippen LogP contribution in [0.15, 0.2) is 59.4 Å². The lowest BCUT2D eigenvalue weighted by Gasteiger charge is -2.17. The number of H-pyrrole nitrogens is 1. The van der Waals surface area contributed by atoms with Gasteiger partial charge in [0.1, 0.15) is 11.3 Å². The predicted octanol–water partition coefficient (Wildman–Crippen LogP) is 2.68. The van der Waals surface area contributed by atoms with E-state index in [4.69, 9.17) is 0 Å². The van der Waals surface area contributed by atoms with Crippen molar-refractivity contribution in [1.29, 1.82) is 0 Å². The summed E-state index contributed by atoms with van der Waals surface area (Å²) in [6.45, 7) is 2.57. The summed E-state index contributed by atoms with van der Waals surface area (Å²) in [7, 11) is 0. The van der Waals surface area contributed by atoms with Gasteiger partial charge in [0.05, 0.1) is 12.1 Å². The van der Waals surface area contributed by atoms with Gasteiger partial charge >= 0.3 is 0 Å². The molecule has 0 bridgehead atoms. The molecule has 1 aliphatic heterocycles. The van der Waals surface area contributed by atoms with Crippen molar-refractivity contribution in [2.24, 2.45) is 0 Å². The normalized spacial score (nSPS) is 13.5. The van der Waals surface area contributed by atoms with Crippen LogP contribution in [-0.4, -0.2) is 38.8 Å². The lowest BCUT2D eigenvalue weighted by Crippen LogP contribution is -2.27. The number of benzene rings is 2. The molecule has 0 spiro atoms. The lowest BCUT2D eigenvalue weighted by molar-refractivity contribution is -0.120. The lowest BCUT2D eigenvalue weighted by atomic mass is 10.1. The zero-order valence-corrected chi connectivity index (χ0v) is 17.9. The number of halogens is 1. The molecular weight excluding hydrogens is 423 g/mol. The highest BCUT2D eigenvalue weighted by atomic mass is 19.1. The largest absolute Gasteiger partial charge is 0.372 e. The number of nitrogens with zero attached hydrogens (tertiary/aromatic N) is 4. The maximum atomic E-state index is 13.2. The number of aromatic amines is 1. The number of nitrogens with one attached hydrogen (secondary N) is 2. The van der Waals surface area contributed by atoms with Crippen LogP contribution in [0, 0.1) is 5.82 Å². The number of rotatable bonds is 6. The fraction of sp³-hybridized carbons (Fsp3) is 0.250. The topological polar surface area (TPSA) is 95.4 Å². The maximum Gasteiger partial charge on any atom is 0.290 e. The van der Waals surface area contributed by atoms with Crippen molar-refractivity contribution >= 4 is 17.1 Å². The van der Waals surface area contributed by atoms with Gasteiger partial charge in [-0.2, -0.15) is 10.2 Å². The molecule has 1 fully saturated rings. The van der Waals surface area contributed by atoms with E-state index < -0.39 is 5.56 Å². The van der Waals surface area contributed by atoms with Crippen LogP contribution in [0.2, 0.25) is 0 Å². The van der Waals surface area contributed by atoms with Gasteiger partial charge in [-0.25, -0.2) is 14.0 Å². The summed E-state index contributed by atoms with van der Waals surface area (Å²) in [5.74, 6) is -0.289. The van der Waals surface area contributed by atoms with Crippen LogP contribution < -0.4 is 15.8 Å². The first-order valence-electron chi connectivity index (χ1n) is 10.9. The third-order valence-electron chi connectivity index (χ3n) is 5.83. The van der Waals surface area contributed by atoms with Gasteiger partial charge in [0.2, 0.25) is 5.91 Å². The van der Waals surface area contributed by atoms with E-state index in [1.807, 2.05) is 12.1 Å². The predicted molar refractivity (Wildman–Crippen MR) is 122 cm³/mol. The molecular formula is C24H23FN6O2. The Hall–Kier alpha value is -4.01. The van der Waals surface area contributed by atoms with Gasteiger partial charge in [0.15, 0.2) is 5.82 Å². The Bertz CT molecular complexity index is 1340. The Balaban J connectivity index is 1.28. The van der Waals surface area contributed by atoms with Crippen LogP contribution in [0.1, 0.15) is 24.2 Å². The number of carbonyl (C=O) groups excluding carboxylic acids is 1. The summed E-state index contributed by atoms with van der Waals surface area (Å²) in [5, 5.41) is 13.7. The summed E-state index contributed by atoms with van der Waals surface area (Å²) >= 11 is 0. The molecule has 4 aromatic rings. The zero-order chi connectivity index (χ0) is 22.8. The van der Waals surface area contributed by atoms with Crippen molar-refractivity contribution in [3.8, 4) is 11.3 Å². The fourth-order valence-corrected chi connectivity index (χ4v) is 4.04. The SMILES string of the molecule is O=C(Cc1n[nH]c(=O)c2cc(-c3ccc(F)cc3)nn12)NCc1ccc(N2CCCC2)cc1. The molecule has 1 saturated heterocycles. The molecule has 0 atom stereocenters. The Labute approximate surface area is 189 Å². The van der Waals surface area contributed by atoms with Crippen molar-refractivity contribution in [3.05, 3.63) is 82.2 Å². The zero-order valence-electron chi connectivity index (χ0n) is 17.9. The maximum absolute atomic E-state index is 13.2. The minimum atomic E-state index is -0.418. The number of hydrogen-bond acceptors (Lipinski definition) is 5. The van der Waals surface area contributed by atoms with E-state index in [1.165, 1.54) is 35.2 Å². The summed E-state index contributed by atoms with van der Waals surface area (Å²) in [6.07, 6.45) is 2.40. The van der Waals surface area contributed by atoms with Gasteiger partial charge in [-0.05, 0) is 60.9 Å². The highest BCUT2D eigenvalue weighted by Crippen LogP contribution is 2.21. The number of fused-ring (bicyclic) bond motifs is 1. The van der Waals surface area contributed by atoms with Gasteiger partial charge in [0.25, 0.3) is 5.56 Å². The Kier molecular flexibility index (Phi) is 5.60. The smallest absolute Gasteiger partial charge is 0.290 e. The highest BCUT2D eigenvalue weighted by molar-refractivity contribution is 5.78. The molecule has 2 N–H and O–H groups in total. The van der Waals surface area contributed by atoms with Gasteiger partial charge in [0, 0.05) is 30.9 Å². The molecule has 2 aromatic carbocycles. The van der Waals surface area contributed by atoms with Crippen molar-refractivity contribution in [3.63, 3.8) is 0 Å². The molecule has 8 nitrogen and oxygen atoms in total. The first kappa shape index (κ1) is 20.9. The van der Waals surface area contributed by atoms with E-state index in [1.54, 1.807) is 18.2 Å². The molecule has 0 radical (unpaired) electrons. The molecule has 168 valence electrons. The van der Waals surface area contributed by atoms with Crippen LogP contribution in [-0.2, 0) is 17.8 Å². The van der Waals surface area contributed by atoms with Crippen LogP contribution in [0.25, 0.3) is 16.8 Å². The van der Waals surface area contributed by atoms with Crippen molar-refractivity contribution in [1.82, 2.24) is 25.1 Å². The molecule has 2 aromatic heterocycles. The number of anilines is 1. The van der Waals surface area contributed by atoms with Gasteiger partial charge < -0.3 is 10.2 Å². The van der Waals surface area contributed by atoms with Gasteiger partial charge in [-0.1, -0.05) is 12.1 Å². The molecule has 0 saturated carbocycles. The number of carbonyl (C=O) groups is 1. The molecule has 1 aliphatic rings. The van der Waals surface area contributed by atoms with Gasteiger partial charge in [-0.15, -0.1) is 0 Å². The van der Waals surface area contributed by atoms with Crippen LogP contribution in [0.5, 0.6) is 0 Å². The Morgan fingerprint density at radius 1 is 1.06 bits per heavy atom. The molecule has 5 rings (SSSR count). The number of amides is 1. The molecule has 9 heteroatoms. The quantitative estimate of drug-likeness (QED) is 0.475. The van der Waals surface area contributed by atoms with E-state index in [0.29, 0.717) is 23.6 Å². The third kappa shape index (κ3) is 4.48. The average Bonchev–Trinajstić information content (AvgIpc) is 3.52. The number of hydrogen-bond donors (Lipinski definition) is 2. The van der Waals surface area contributed by atoms with Crippen molar-refractivity contribution in [2.75, 3.05) is 18.0 Å². The van der Waals surface area contributed by atoms with E-state index >= 15 is 0 Å². The number of aromatic nitrogens is 4. The first-order valence-corrected chi connectivity index (χ1v) is 10.9. The average molecular weight is 446 g/mol. The Morgan fingerprint density at radius 2 is 1.79 bits per heavy atom. The summed E-state index contributed by atoms with van der Waals surface area (Å²) < 4.78 is 14.6. The third-order valence-corrected chi connectivity index (χ3v) is 5.83. The fourth-order valence-electron chi connectivity index (χ4n) is 4.04. The molecule has 1 amide bonds. The second kappa shape index (κ2) is 8.85. The van der Waals surface area contributed by atoms with Crippen molar-refractivity contribution in [2.45, 2.75) is 25.8 Å². The standard InChI is InChI=1S/C24H23FN6O2/c25-18-7-5-17(6-8-18)20-13-21-24(33)28-27-22(31(21)29-20)14-23(32)26-15-16-3-9-19(10-4-16)30-11-1-2-12-30/h3-10,13H,1-2,11-12,14-15H2,(H,26,32)(H,28,33). The molecule has 0 aliphatic carbocycles. The molecule has 3 heterocycles. The van der Waals surface area contributed by atoms with E-state index in [-0.39, 0.29) is 23.7 Å². The molecule has 0 unspecified atom stereocenters. The van der Waals surface area contributed by atoms with Crippen LogP contribution >= 0.6 is 0 Å². The summed E-state index contributed by atoms with van der Waals surface area (Å²) in [4.78, 5) is 27.1. The second-order valence-corrected chi connectivity index (χ2v) is 8.12. The van der Waals surface area contributed by atoms with E-state index in [9.17, 15) is 14.0 Å². The summed E-state index contributed by atoms with van der Waals surface area (Å²) in [5.41, 5.74) is 3.21. The van der Waals surface area contributed by atoms with Crippen molar-refractivity contribution < 1.29 is 9.18 Å². The van der Waals surface area contributed by atoms with E-state index in [2.05, 4.69) is 37.6 Å². The monoisotopic (exact) mass is 446 g/mol. The van der Waals surface area contributed by atoms with Gasteiger partial charge in [-0.3, -0.25) is 9.59 Å². The second-order valence-electron chi connectivity index (χ2n) is 8.12. The molecule has 33 heavy (non-hydrogen) atoms. The van der Waals surface area contributed by atoms with Crippen LogP contribution in [0.4, 0.5) is 10.1 Å². The Morgan fingerprint density at radius 3 is 2.52 bits per heavy atom. The first-order chi connectivity index (χ1) is 16.1. The summed E-state index contributed by atoms with van der Waals surface area (Å²) in [6, 6.07) is 15.6.